The average molecular weight is 348 g/mol. The van der Waals surface area contributed by atoms with Crippen molar-refractivity contribution in [3.63, 3.8) is 0 Å². The topological polar surface area (TPSA) is 15.7 Å². The maximum absolute atomic E-state index is 12.8. The van der Waals surface area contributed by atoms with E-state index < -0.39 is 11.7 Å². The highest BCUT2D eigenvalue weighted by Crippen LogP contribution is 2.40. The molecule has 0 N–H and O–H groups in total. The Morgan fingerprint density at radius 3 is 2.44 bits per heavy atom. The zero-order valence-corrected chi connectivity index (χ0v) is 13.7. The van der Waals surface area contributed by atoms with Gasteiger partial charge >= 0.3 is 6.18 Å². The largest absolute Gasteiger partial charge is 0.492 e. The highest BCUT2D eigenvalue weighted by atomic mass is 19.4. The first-order valence-corrected chi connectivity index (χ1v) is 8.44. The molecule has 0 bridgehead atoms. The third-order valence-electron chi connectivity index (χ3n) is 4.84. The summed E-state index contributed by atoms with van der Waals surface area (Å²) in [7, 11) is 0. The normalized spacial score (nSPS) is 21.1. The lowest BCUT2D eigenvalue weighted by Crippen LogP contribution is -2.48. The van der Waals surface area contributed by atoms with Gasteiger partial charge in [-0.25, -0.2) is 0 Å². The summed E-state index contributed by atoms with van der Waals surface area (Å²) in [5, 5.41) is 0. The van der Waals surface area contributed by atoms with E-state index >= 15 is 0 Å². The van der Waals surface area contributed by atoms with Crippen LogP contribution >= 0.6 is 0 Å². The molecule has 1 saturated heterocycles. The van der Waals surface area contributed by atoms with Crippen molar-refractivity contribution < 1.29 is 17.9 Å². The Morgan fingerprint density at radius 1 is 0.920 bits per heavy atom. The number of benzene rings is 2. The van der Waals surface area contributed by atoms with Crippen molar-refractivity contribution in [2.45, 2.75) is 18.8 Å². The summed E-state index contributed by atoms with van der Waals surface area (Å²) < 4.78 is 44.4. The second-order valence-electron chi connectivity index (χ2n) is 6.39. The van der Waals surface area contributed by atoms with Crippen LogP contribution in [0, 0.1) is 0 Å². The SMILES string of the molecule is FC(F)(F)c1ccc(N2CCCN3CCOc4ccccc4C32)cc1. The summed E-state index contributed by atoms with van der Waals surface area (Å²) in [5.41, 5.74) is 1.26. The fourth-order valence-corrected chi connectivity index (χ4v) is 3.69. The molecule has 4 rings (SSSR count). The molecule has 0 aromatic heterocycles. The van der Waals surface area contributed by atoms with Crippen LogP contribution < -0.4 is 9.64 Å². The van der Waals surface area contributed by atoms with Crippen LogP contribution in [0.5, 0.6) is 5.75 Å². The van der Waals surface area contributed by atoms with E-state index in [2.05, 4.69) is 9.80 Å². The molecule has 0 spiro atoms. The second-order valence-corrected chi connectivity index (χ2v) is 6.39. The molecule has 2 aromatic rings. The zero-order chi connectivity index (χ0) is 17.4. The Bertz CT molecular complexity index is 745. The predicted molar refractivity (Wildman–Crippen MR) is 89.7 cm³/mol. The van der Waals surface area contributed by atoms with E-state index in [4.69, 9.17) is 4.74 Å². The van der Waals surface area contributed by atoms with E-state index in [1.807, 2.05) is 24.3 Å². The van der Waals surface area contributed by atoms with Crippen LogP contribution in [0.4, 0.5) is 18.9 Å². The van der Waals surface area contributed by atoms with Crippen LogP contribution in [0.15, 0.2) is 48.5 Å². The lowest BCUT2D eigenvalue weighted by Gasteiger charge is -2.44. The zero-order valence-electron chi connectivity index (χ0n) is 13.7. The van der Waals surface area contributed by atoms with Crippen LogP contribution in [-0.4, -0.2) is 31.1 Å². The Balaban J connectivity index is 1.72. The molecule has 2 heterocycles. The predicted octanol–water partition coefficient (Wildman–Crippen LogP) is 4.31. The van der Waals surface area contributed by atoms with Crippen LogP contribution in [0.1, 0.15) is 23.7 Å². The highest BCUT2D eigenvalue weighted by Gasteiger charge is 2.35. The third kappa shape index (κ3) is 3.06. The molecule has 0 aliphatic carbocycles. The molecule has 6 heteroatoms. The smallest absolute Gasteiger partial charge is 0.416 e. The monoisotopic (exact) mass is 348 g/mol. The van der Waals surface area contributed by atoms with Crippen molar-refractivity contribution in [2.75, 3.05) is 31.1 Å². The minimum absolute atomic E-state index is 0.0100. The van der Waals surface area contributed by atoms with Gasteiger partial charge < -0.3 is 9.64 Å². The van der Waals surface area contributed by atoms with Crippen molar-refractivity contribution in [1.29, 1.82) is 0 Å². The molecule has 25 heavy (non-hydrogen) atoms. The Morgan fingerprint density at radius 2 is 1.68 bits per heavy atom. The van der Waals surface area contributed by atoms with Gasteiger partial charge in [-0.3, -0.25) is 4.90 Å². The average Bonchev–Trinajstić information content (AvgIpc) is 2.80. The Kier molecular flexibility index (Phi) is 4.07. The van der Waals surface area contributed by atoms with E-state index in [9.17, 15) is 13.2 Å². The first-order valence-electron chi connectivity index (χ1n) is 8.44. The fraction of sp³-hybridized carbons (Fsp3) is 0.368. The molecule has 3 nitrogen and oxygen atoms in total. The van der Waals surface area contributed by atoms with Gasteiger partial charge in [-0.1, -0.05) is 18.2 Å². The summed E-state index contributed by atoms with van der Waals surface area (Å²) >= 11 is 0. The molecular formula is C19H19F3N2O. The first kappa shape index (κ1) is 16.3. The van der Waals surface area contributed by atoms with E-state index in [1.54, 1.807) is 12.1 Å². The number of anilines is 1. The number of rotatable bonds is 1. The van der Waals surface area contributed by atoms with Gasteiger partial charge in [0.1, 0.15) is 18.5 Å². The maximum Gasteiger partial charge on any atom is 0.416 e. The van der Waals surface area contributed by atoms with Crippen LogP contribution in [0.25, 0.3) is 0 Å². The minimum Gasteiger partial charge on any atom is -0.492 e. The molecule has 2 aliphatic heterocycles. The molecule has 1 atom stereocenters. The molecule has 0 saturated carbocycles. The summed E-state index contributed by atoms with van der Waals surface area (Å²) in [6.07, 6.45) is -3.35. The second kappa shape index (κ2) is 6.26. The molecule has 2 aromatic carbocycles. The molecule has 2 aliphatic rings. The number of para-hydroxylation sites is 1. The summed E-state index contributed by atoms with van der Waals surface area (Å²) in [4.78, 5) is 4.52. The fourth-order valence-electron chi connectivity index (χ4n) is 3.69. The van der Waals surface area contributed by atoms with Gasteiger partial charge in [0.15, 0.2) is 0 Å². The number of alkyl halides is 3. The van der Waals surface area contributed by atoms with Crippen LogP contribution in [0.3, 0.4) is 0 Å². The lowest BCUT2D eigenvalue weighted by molar-refractivity contribution is -0.137. The number of ether oxygens (including phenoxy) is 1. The van der Waals surface area contributed by atoms with Gasteiger partial charge in [0.2, 0.25) is 0 Å². The molecule has 1 unspecified atom stereocenters. The molecular weight excluding hydrogens is 329 g/mol. The third-order valence-corrected chi connectivity index (χ3v) is 4.84. The lowest BCUT2D eigenvalue weighted by atomic mass is 10.0. The van der Waals surface area contributed by atoms with Gasteiger partial charge in [-0.05, 0) is 36.8 Å². The number of hydrogen-bond acceptors (Lipinski definition) is 3. The molecule has 0 amide bonds. The number of nitrogens with zero attached hydrogens (tertiary/aromatic N) is 2. The molecule has 0 radical (unpaired) electrons. The van der Waals surface area contributed by atoms with Crippen molar-refractivity contribution in [2.24, 2.45) is 0 Å². The number of fused-ring (bicyclic) bond motifs is 3. The number of hydrogen-bond donors (Lipinski definition) is 0. The van der Waals surface area contributed by atoms with Crippen molar-refractivity contribution in [1.82, 2.24) is 4.90 Å². The Hall–Kier alpha value is -2.21. The standard InChI is InChI=1S/C19H19F3N2O/c20-19(21,22)14-6-8-15(9-7-14)24-11-3-10-23-12-13-25-17-5-2-1-4-16(17)18(23)24/h1-2,4-9,18H,3,10-13H2. The van der Waals surface area contributed by atoms with Crippen molar-refractivity contribution in [3.8, 4) is 5.75 Å². The van der Waals surface area contributed by atoms with E-state index in [0.717, 1.165) is 55.2 Å². The number of halogens is 3. The van der Waals surface area contributed by atoms with Gasteiger partial charge in [-0.15, -0.1) is 0 Å². The summed E-state index contributed by atoms with van der Waals surface area (Å²) in [5.74, 6) is 0.855. The first-order chi connectivity index (χ1) is 12.0. The quantitative estimate of drug-likeness (QED) is 0.764. The molecule has 1 fully saturated rings. The van der Waals surface area contributed by atoms with Crippen LogP contribution in [-0.2, 0) is 6.18 Å². The van der Waals surface area contributed by atoms with Gasteiger partial charge in [0.05, 0.1) is 5.56 Å². The summed E-state index contributed by atoms with van der Waals surface area (Å²) in [6.45, 7) is 3.19. The highest BCUT2D eigenvalue weighted by molar-refractivity contribution is 5.52. The van der Waals surface area contributed by atoms with Gasteiger partial charge in [-0.2, -0.15) is 13.2 Å². The van der Waals surface area contributed by atoms with Crippen molar-refractivity contribution >= 4 is 5.69 Å². The van der Waals surface area contributed by atoms with E-state index in [0.29, 0.717) is 6.61 Å². The van der Waals surface area contributed by atoms with Crippen molar-refractivity contribution in [3.05, 3.63) is 59.7 Å². The summed E-state index contributed by atoms with van der Waals surface area (Å²) in [6, 6.07) is 13.4. The Labute approximate surface area is 144 Å². The maximum atomic E-state index is 12.8. The van der Waals surface area contributed by atoms with Gasteiger partial charge in [0, 0.05) is 30.9 Å². The van der Waals surface area contributed by atoms with E-state index in [-0.39, 0.29) is 6.17 Å². The van der Waals surface area contributed by atoms with Crippen LogP contribution in [0.2, 0.25) is 0 Å². The van der Waals surface area contributed by atoms with Gasteiger partial charge in [0.25, 0.3) is 0 Å². The van der Waals surface area contributed by atoms with E-state index in [1.165, 1.54) is 0 Å². The molecule has 132 valence electrons. The minimum atomic E-state index is -4.31.